The van der Waals surface area contributed by atoms with Gasteiger partial charge in [0.1, 0.15) is 11.5 Å². The number of halogens is 6. The third kappa shape index (κ3) is 4.70. The van der Waals surface area contributed by atoms with Crippen molar-refractivity contribution in [3.05, 3.63) is 71.7 Å². The number of fused-ring (bicyclic) bond motifs is 1. The third-order valence-electron chi connectivity index (χ3n) is 4.60. The molecule has 0 spiro atoms. The Hall–Kier alpha value is -3.80. The zero-order chi connectivity index (χ0) is 23.8. The molecule has 2 N–H and O–H groups in total. The van der Waals surface area contributed by atoms with Crippen molar-refractivity contribution in [2.24, 2.45) is 0 Å². The van der Waals surface area contributed by atoms with Gasteiger partial charge in [0, 0.05) is 17.8 Å². The van der Waals surface area contributed by atoms with E-state index in [1.807, 2.05) is 0 Å². The minimum absolute atomic E-state index is 0.00670. The predicted octanol–water partition coefficient (Wildman–Crippen LogP) is 5.36. The topological polar surface area (TPSA) is 83.8 Å². The summed E-state index contributed by atoms with van der Waals surface area (Å²) in [5.74, 6) is 0.0764. The van der Waals surface area contributed by atoms with Gasteiger partial charge in [0.15, 0.2) is 5.65 Å². The molecular weight excluding hydrogens is 452 g/mol. The molecule has 0 radical (unpaired) electrons. The van der Waals surface area contributed by atoms with Crippen LogP contribution in [0.15, 0.2) is 54.9 Å². The fourth-order valence-corrected chi connectivity index (χ4v) is 3.08. The first kappa shape index (κ1) is 22.4. The molecule has 4 rings (SSSR count). The van der Waals surface area contributed by atoms with Crippen molar-refractivity contribution in [1.82, 2.24) is 19.9 Å². The molecule has 0 amide bonds. The molecule has 0 aliphatic rings. The standard InChI is InChI=1S/C21H13F6N5O/c22-20(23,24)11-3-6-17(29-9-11)31-16-8-12(10-33)30-19-13(16)4-5-15(32-19)18-14(21(25,26)27)2-1-7-28-18/h1-9,33H,10H2,(H,29,30,31,32). The number of nitrogens with one attached hydrogen (secondary N) is 1. The Labute approximate surface area is 182 Å². The lowest BCUT2D eigenvalue weighted by Gasteiger charge is -2.14. The van der Waals surface area contributed by atoms with Crippen molar-refractivity contribution in [3.8, 4) is 11.4 Å². The first-order valence-electron chi connectivity index (χ1n) is 9.30. The zero-order valence-corrected chi connectivity index (χ0v) is 16.4. The van der Waals surface area contributed by atoms with Gasteiger partial charge in [0.25, 0.3) is 0 Å². The van der Waals surface area contributed by atoms with Gasteiger partial charge in [-0.2, -0.15) is 26.3 Å². The number of anilines is 2. The van der Waals surface area contributed by atoms with E-state index in [1.165, 1.54) is 24.4 Å². The van der Waals surface area contributed by atoms with Gasteiger partial charge in [-0.3, -0.25) is 4.98 Å². The summed E-state index contributed by atoms with van der Waals surface area (Å²) in [5, 5.41) is 12.7. The van der Waals surface area contributed by atoms with Gasteiger partial charge in [-0.25, -0.2) is 15.0 Å². The Balaban J connectivity index is 1.77. The summed E-state index contributed by atoms with van der Waals surface area (Å²) in [7, 11) is 0. The van der Waals surface area contributed by atoms with Gasteiger partial charge in [0.2, 0.25) is 0 Å². The number of aliphatic hydroxyl groups excluding tert-OH is 1. The van der Waals surface area contributed by atoms with Crippen molar-refractivity contribution < 1.29 is 31.4 Å². The van der Waals surface area contributed by atoms with Gasteiger partial charge in [-0.1, -0.05) is 0 Å². The van der Waals surface area contributed by atoms with Crippen molar-refractivity contribution in [2.75, 3.05) is 5.32 Å². The van der Waals surface area contributed by atoms with Crippen LogP contribution in [0.1, 0.15) is 16.8 Å². The molecule has 33 heavy (non-hydrogen) atoms. The minimum Gasteiger partial charge on any atom is -0.390 e. The van der Waals surface area contributed by atoms with Crippen LogP contribution in [0, 0.1) is 0 Å². The van der Waals surface area contributed by atoms with Crippen LogP contribution in [0.25, 0.3) is 22.4 Å². The number of aliphatic hydroxyl groups is 1. The fraction of sp³-hybridized carbons (Fsp3) is 0.143. The lowest BCUT2D eigenvalue weighted by Crippen LogP contribution is -2.09. The molecule has 4 aromatic heterocycles. The Bertz CT molecular complexity index is 1310. The van der Waals surface area contributed by atoms with E-state index < -0.39 is 30.1 Å². The van der Waals surface area contributed by atoms with Gasteiger partial charge in [-0.05, 0) is 42.5 Å². The molecule has 0 unspecified atom stereocenters. The number of nitrogens with zero attached hydrogens (tertiary/aromatic N) is 4. The molecule has 0 saturated heterocycles. The summed E-state index contributed by atoms with van der Waals surface area (Å²) < 4.78 is 78.4. The SMILES string of the molecule is OCc1cc(Nc2ccc(C(F)(F)F)cn2)c2ccc(-c3ncccc3C(F)(F)F)nc2n1. The highest BCUT2D eigenvalue weighted by Gasteiger charge is 2.34. The first-order valence-corrected chi connectivity index (χ1v) is 9.30. The van der Waals surface area contributed by atoms with Crippen LogP contribution >= 0.6 is 0 Å². The predicted molar refractivity (Wildman–Crippen MR) is 106 cm³/mol. The Morgan fingerprint density at radius 1 is 0.879 bits per heavy atom. The highest BCUT2D eigenvalue weighted by atomic mass is 19.4. The van der Waals surface area contributed by atoms with E-state index in [4.69, 9.17) is 0 Å². The number of hydrogen-bond acceptors (Lipinski definition) is 6. The largest absolute Gasteiger partial charge is 0.418 e. The normalized spacial score (nSPS) is 12.2. The number of hydrogen-bond donors (Lipinski definition) is 2. The lowest BCUT2D eigenvalue weighted by atomic mass is 10.1. The van der Waals surface area contributed by atoms with E-state index in [1.54, 1.807) is 0 Å². The molecule has 0 aliphatic carbocycles. The van der Waals surface area contributed by atoms with Crippen LogP contribution in [-0.2, 0) is 19.0 Å². The molecule has 0 bridgehead atoms. The highest BCUT2D eigenvalue weighted by Crippen LogP contribution is 2.36. The molecule has 0 aromatic carbocycles. The smallest absolute Gasteiger partial charge is 0.390 e. The van der Waals surface area contributed by atoms with Crippen LogP contribution in [-0.4, -0.2) is 25.0 Å². The summed E-state index contributed by atoms with van der Waals surface area (Å²) in [4.78, 5) is 15.9. The zero-order valence-electron chi connectivity index (χ0n) is 16.4. The second kappa shape index (κ2) is 8.28. The monoisotopic (exact) mass is 465 g/mol. The van der Waals surface area contributed by atoms with Gasteiger partial charge in [0.05, 0.1) is 34.8 Å². The second-order valence-electron chi connectivity index (χ2n) is 6.84. The number of alkyl halides is 6. The van der Waals surface area contributed by atoms with E-state index >= 15 is 0 Å². The maximum atomic E-state index is 13.4. The summed E-state index contributed by atoms with van der Waals surface area (Å²) in [5.41, 5.74) is -1.93. The minimum atomic E-state index is -4.65. The molecule has 4 aromatic rings. The summed E-state index contributed by atoms with van der Waals surface area (Å²) in [6.45, 7) is -0.506. The van der Waals surface area contributed by atoms with Crippen LogP contribution in [0.4, 0.5) is 37.8 Å². The van der Waals surface area contributed by atoms with Crippen molar-refractivity contribution >= 4 is 22.5 Å². The summed E-state index contributed by atoms with van der Waals surface area (Å²) in [6.07, 6.45) is -7.33. The average Bonchev–Trinajstić information content (AvgIpc) is 2.77. The van der Waals surface area contributed by atoms with E-state index in [2.05, 4.69) is 25.3 Å². The first-order chi connectivity index (χ1) is 15.6. The fourth-order valence-electron chi connectivity index (χ4n) is 3.08. The Morgan fingerprint density at radius 3 is 2.30 bits per heavy atom. The van der Waals surface area contributed by atoms with Gasteiger partial charge < -0.3 is 10.4 Å². The van der Waals surface area contributed by atoms with Crippen LogP contribution in [0.3, 0.4) is 0 Å². The molecular formula is C21H13F6N5O. The van der Waals surface area contributed by atoms with Crippen LogP contribution in [0.5, 0.6) is 0 Å². The van der Waals surface area contributed by atoms with Crippen LogP contribution in [0.2, 0.25) is 0 Å². The molecule has 0 fully saturated rings. The van der Waals surface area contributed by atoms with Crippen molar-refractivity contribution in [2.45, 2.75) is 19.0 Å². The Morgan fingerprint density at radius 2 is 1.67 bits per heavy atom. The molecule has 0 aliphatic heterocycles. The second-order valence-corrected chi connectivity index (χ2v) is 6.84. The maximum Gasteiger partial charge on any atom is 0.418 e. The molecule has 12 heteroatoms. The molecule has 170 valence electrons. The van der Waals surface area contributed by atoms with Gasteiger partial charge >= 0.3 is 12.4 Å². The third-order valence-corrected chi connectivity index (χ3v) is 4.60. The van der Waals surface area contributed by atoms with Crippen molar-refractivity contribution in [3.63, 3.8) is 0 Å². The molecule has 6 nitrogen and oxygen atoms in total. The highest BCUT2D eigenvalue weighted by molar-refractivity contribution is 5.92. The molecule has 0 saturated carbocycles. The Kier molecular flexibility index (Phi) is 5.62. The van der Waals surface area contributed by atoms with Gasteiger partial charge in [-0.15, -0.1) is 0 Å². The summed E-state index contributed by atoms with van der Waals surface area (Å²) in [6, 6.07) is 8.23. The van der Waals surface area contributed by atoms with E-state index in [0.29, 0.717) is 17.3 Å². The number of aromatic nitrogens is 4. The van der Waals surface area contributed by atoms with Crippen LogP contribution < -0.4 is 5.32 Å². The van der Waals surface area contributed by atoms with E-state index in [0.717, 1.165) is 24.3 Å². The molecule has 4 heterocycles. The maximum absolute atomic E-state index is 13.4. The van der Waals surface area contributed by atoms with E-state index in [-0.39, 0.29) is 28.5 Å². The summed E-state index contributed by atoms with van der Waals surface area (Å²) >= 11 is 0. The number of pyridine rings is 4. The lowest BCUT2D eigenvalue weighted by molar-refractivity contribution is -0.138. The number of rotatable bonds is 4. The van der Waals surface area contributed by atoms with Crippen molar-refractivity contribution in [1.29, 1.82) is 0 Å². The quantitative estimate of drug-likeness (QED) is 0.395. The van der Waals surface area contributed by atoms with E-state index in [9.17, 15) is 31.4 Å². The molecule has 0 atom stereocenters. The average molecular weight is 465 g/mol.